The van der Waals surface area contributed by atoms with Gasteiger partial charge < -0.3 is 14.7 Å². The average Bonchev–Trinajstić information content (AvgIpc) is 2.28. The van der Waals surface area contributed by atoms with E-state index in [0.29, 0.717) is 26.3 Å². The normalized spacial score (nSPS) is 19.8. The van der Waals surface area contributed by atoms with Crippen molar-refractivity contribution in [2.24, 2.45) is 0 Å². The van der Waals surface area contributed by atoms with E-state index in [1.807, 2.05) is 0 Å². The van der Waals surface area contributed by atoms with Crippen molar-refractivity contribution >= 4 is 5.91 Å². The largest absolute Gasteiger partial charge is 0.381 e. The zero-order valence-corrected chi connectivity index (χ0v) is 8.25. The lowest BCUT2D eigenvalue weighted by atomic mass is 10.1. The predicted octanol–water partition coefficient (Wildman–Crippen LogP) is 0.00620. The molecule has 4 nitrogen and oxygen atoms in total. The maximum Gasteiger partial charge on any atom is 0.254 e. The fourth-order valence-electron chi connectivity index (χ4n) is 1.34. The van der Waals surface area contributed by atoms with E-state index in [1.165, 1.54) is 13.8 Å². The number of hydrogen-bond acceptors (Lipinski definition) is 3. The van der Waals surface area contributed by atoms with Crippen LogP contribution in [-0.4, -0.2) is 47.8 Å². The highest BCUT2D eigenvalue weighted by Crippen LogP contribution is 2.09. The van der Waals surface area contributed by atoms with Gasteiger partial charge >= 0.3 is 0 Å². The molecule has 0 spiro atoms. The number of ether oxygens (including phenoxy) is 1. The first-order valence-electron chi connectivity index (χ1n) is 4.61. The molecule has 0 bridgehead atoms. The van der Waals surface area contributed by atoms with Crippen LogP contribution in [0.5, 0.6) is 0 Å². The highest BCUT2D eigenvalue weighted by molar-refractivity contribution is 5.84. The van der Waals surface area contributed by atoms with Gasteiger partial charge in [0.15, 0.2) is 0 Å². The van der Waals surface area contributed by atoms with Crippen molar-refractivity contribution in [3.63, 3.8) is 0 Å². The fraction of sp³-hybridized carbons (Fsp3) is 0.889. The van der Waals surface area contributed by atoms with E-state index < -0.39 is 5.60 Å². The summed E-state index contributed by atoms with van der Waals surface area (Å²) in [5, 5.41) is 9.50. The summed E-state index contributed by atoms with van der Waals surface area (Å²) in [4.78, 5) is 13.3. The van der Waals surface area contributed by atoms with E-state index >= 15 is 0 Å². The number of carbonyl (C=O) groups is 1. The van der Waals surface area contributed by atoms with Crippen LogP contribution in [-0.2, 0) is 9.53 Å². The molecule has 0 aromatic rings. The molecule has 1 aliphatic heterocycles. The van der Waals surface area contributed by atoms with Gasteiger partial charge in [-0.25, -0.2) is 0 Å². The topological polar surface area (TPSA) is 49.8 Å². The van der Waals surface area contributed by atoms with E-state index in [2.05, 4.69) is 0 Å². The zero-order chi connectivity index (χ0) is 9.90. The van der Waals surface area contributed by atoms with E-state index in [-0.39, 0.29) is 5.91 Å². The number of hydrogen-bond donors (Lipinski definition) is 1. The second-order valence-corrected chi connectivity index (χ2v) is 3.82. The van der Waals surface area contributed by atoms with Crippen LogP contribution in [0.2, 0.25) is 0 Å². The summed E-state index contributed by atoms with van der Waals surface area (Å²) in [6.45, 7) is 5.57. The Hall–Kier alpha value is -0.610. The molecule has 1 fully saturated rings. The maximum absolute atomic E-state index is 11.6. The van der Waals surface area contributed by atoms with Crippen LogP contribution in [0, 0.1) is 0 Å². The van der Waals surface area contributed by atoms with Crippen molar-refractivity contribution in [3.05, 3.63) is 0 Å². The lowest BCUT2D eigenvalue weighted by molar-refractivity contribution is -0.147. The highest BCUT2D eigenvalue weighted by atomic mass is 16.5. The van der Waals surface area contributed by atoms with Crippen molar-refractivity contribution < 1.29 is 14.6 Å². The van der Waals surface area contributed by atoms with Gasteiger partial charge in [0.05, 0.1) is 6.61 Å². The summed E-state index contributed by atoms with van der Waals surface area (Å²) in [6, 6.07) is 0. The molecule has 1 saturated heterocycles. The highest BCUT2D eigenvalue weighted by Gasteiger charge is 2.29. The summed E-state index contributed by atoms with van der Waals surface area (Å²) in [7, 11) is 0. The number of aliphatic hydroxyl groups is 1. The summed E-state index contributed by atoms with van der Waals surface area (Å²) >= 11 is 0. The average molecular weight is 187 g/mol. The van der Waals surface area contributed by atoms with Gasteiger partial charge in [-0.3, -0.25) is 4.79 Å². The molecule has 4 heteroatoms. The molecule has 0 aromatic carbocycles. The molecule has 1 heterocycles. The molecule has 0 saturated carbocycles. The van der Waals surface area contributed by atoms with Gasteiger partial charge in [0.1, 0.15) is 5.60 Å². The summed E-state index contributed by atoms with van der Waals surface area (Å²) in [5.74, 6) is -0.210. The van der Waals surface area contributed by atoms with Crippen molar-refractivity contribution in [3.8, 4) is 0 Å². The molecule has 0 aromatic heterocycles. The van der Waals surface area contributed by atoms with Crippen LogP contribution in [0.25, 0.3) is 0 Å². The Morgan fingerprint density at radius 1 is 1.38 bits per heavy atom. The van der Waals surface area contributed by atoms with Crippen LogP contribution >= 0.6 is 0 Å². The lowest BCUT2D eigenvalue weighted by Crippen LogP contribution is -2.46. The van der Waals surface area contributed by atoms with Crippen molar-refractivity contribution in [1.82, 2.24) is 4.90 Å². The van der Waals surface area contributed by atoms with Crippen LogP contribution < -0.4 is 0 Å². The third-order valence-corrected chi connectivity index (χ3v) is 2.03. The van der Waals surface area contributed by atoms with E-state index in [4.69, 9.17) is 4.74 Å². The van der Waals surface area contributed by atoms with Crippen LogP contribution in [0.1, 0.15) is 20.3 Å². The second kappa shape index (κ2) is 4.07. The van der Waals surface area contributed by atoms with E-state index in [0.717, 1.165) is 6.42 Å². The summed E-state index contributed by atoms with van der Waals surface area (Å²) < 4.78 is 5.21. The Morgan fingerprint density at radius 2 is 2.08 bits per heavy atom. The van der Waals surface area contributed by atoms with Gasteiger partial charge in [-0.1, -0.05) is 0 Å². The first-order valence-corrected chi connectivity index (χ1v) is 4.61. The lowest BCUT2D eigenvalue weighted by Gasteiger charge is -2.26. The fourth-order valence-corrected chi connectivity index (χ4v) is 1.34. The van der Waals surface area contributed by atoms with Crippen LogP contribution in [0.4, 0.5) is 0 Å². The number of rotatable bonds is 1. The van der Waals surface area contributed by atoms with Gasteiger partial charge in [0.2, 0.25) is 0 Å². The van der Waals surface area contributed by atoms with Crippen molar-refractivity contribution in [2.75, 3.05) is 26.3 Å². The Kier molecular flexibility index (Phi) is 3.27. The SMILES string of the molecule is CC(C)(O)C(=O)N1CCCOCC1. The number of nitrogens with zero attached hydrogens (tertiary/aromatic N) is 1. The van der Waals surface area contributed by atoms with Crippen molar-refractivity contribution in [1.29, 1.82) is 0 Å². The van der Waals surface area contributed by atoms with E-state index in [1.54, 1.807) is 4.90 Å². The zero-order valence-electron chi connectivity index (χ0n) is 8.25. The molecule has 1 aliphatic rings. The summed E-state index contributed by atoms with van der Waals surface area (Å²) in [5.41, 5.74) is -1.26. The monoisotopic (exact) mass is 187 g/mol. The maximum atomic E-state index is 11.6. The summed E-state index contributed by atoms with van der Waals surface area (Å²) in [6.07, 6.45) is 0.849. The Balaban J connectivity index is 2.54. The minimum atomic E-state index is -1.26. The second-order valence-electron chi connectivity index (χ2n) is 3.82. The minimum absolute atomic E-state index is 0.210. The molecular formula is C9H17NO3. The Labute approximate surface area is 78.5 Å². The van der Waals surface area contributed by atoms with Crippen LogP contribution in [0.15, 0.2) is 0 Å². The van der Waals surface area contributed by atoms with Crippen LogP contribution in [0.3, 0.4) is 0 Å². The quantitative estimate of drug-likeness (QED) is 0.629. The molecule has 1 N–H and O–H groups in total. The molecule has 13 heavy (non-hydrogen) atoms. The number of amides is 1. The smallest absolute Gasteiger partial charge is 0.254 e. The molecule has 1 amide bonds. The standard InChI is InChI=1S/C9H17NO3/c1-9(2,12)8(11)10-4-3-6-13-7-5-10/h12H,3-7H2,1-2H3. The first-order chi connectivity index (χ1) is 6.02. The Bertz CT molecular complexity index is 178. The van der Waals surface area contributed by atoms with Gasteiger partial charge in [0, 0.05) is 19.7 Å². The minimum Gasteiger partial charge on any atom is -0.381 e. The molecule has 1 rings (SSSR count). The molecule has 0 aliphatic carbocycles. The Morgan fingerprint density at radius 3 is 2.69 bits per heavy atom. The number of carbonyl (C=O) groups excluding carboxylic acids is 1. The molecule has 76 valence electrons. The van der Waals surface area contributed by atoms with E-state index in [9.17, 15) is 9.90 Å². The molecular weight excluding hydrogens is 170 g/mol. The van der Waals surface area contributed by atoms with Gasteiger partial charge in [0.25, 0.3) is 5.91 Å². The van der Waals surface area contributed by atoms with Gasteiger partial charge in [-0.05, 0) is 20.3 Å². The third kappa shape index (κ3) is 2.97. The predicted molar refractivity (Wildman–Crippen MR) is 48.3 cm³/mol. The van der Waals surface area contributed by atoms with Crippen molar-refractivity contribution in [2.45, 2.75) is 25.9 Å². The molecule has 0 atom stereocenters. The molecule has 0 radical (unpaired) electrons. The first kappa shape index (κ1) is 10.5. The molecule has 0 unspecified atom stereocenters. The van der Waals surface area contributed by atoms with Gasteiger partial charge in [-0.2, -0.15) is 0 Å². The van der Waals surface area contributed by atoms with Gasteiger partial charge in [-0.15, -0.1) is 0 Å². The third-order valence-electron chi connectivity index (χ3n) is 2.03.